The molecule has 1 nitrogen and oxygen atoms in total. The van der Waals surface area contributed by atoms with Gasteiger partial charge in [-0.3, -0.25) is 4.79 Å². The van der Waals surface area contributed by atoms with E-state index in [1.807, 2.05) is 0 Å². The van der Waals surface area contributed by atoms with Crippen LogP contribution in [-0.4, -0.2) is 5.78 Å². The third-order valence-corrected chi connectivity index (χ3v) is 13.7. The largest absolute Gasteiger partial charge is 0.299 e. The van der Waals surface area contributed by atoms with Crippen molar-refractivity contribution in [3.63, 3.8) is 0 Å². The molecule has 0 aromatic carbocycles. The Hall–Kier alpha value is -0.330. The summed E-state index contributed by atoms with van der Waals surface area (Å²) in [7, 11) is 0. The monoisotopic (exact) mass is 426 g/mol. The summed E-state index contributed by atoms with van der Waals surface area (Å²) in [6, 6.07) is 0. The fraction of sp³-hybridized carbons (Fsp3) is 0.967. The van der Waals surface area contributed by atoms with Gasteiger partial charge in [-0.1, -0.05) is 55.4 Å². The van der Waals surface area contributed by atoms with Crippen LogP contribution in [0.4, 0.5) is 0 Å². The SMILES string of the molecule is C[C@@H]1C(=O)CC[C@@H]2[C@]1(C)CC[C@H]1[C@@]2(C)CC[C@@]2(C)[C@@H]3CC(C)(C)CC[C@@]3(C)CC[C@]12C. The Balaban J connectivity index is 1.55. The topological polar surface area (TPSA) is 17.1 Å². The summed E-state index contributed by atoms with van der Waals surface area (Å²) in [4.78, 5) is 12.7. The van der Waals surface area contributed by atoms with E-state index in [0.717, 1.165) is 30.6 Å². The number of Topliss-reactive ketones (excluding diaryl/α,β-unsaturated/α-hetero) is 1. The minimum Gasteiger partial charge on any atom is -0.299 e. The summed E-state index contributed by atoms with van der Waals surface area (Å²) < 4.78 is 0. The third kappa shape index (κ3) is 2.70. The number of hydrogen-bond acceptors (Lipinski definition) is 1. The molecule has 5 rings (SSSR count). The molecule has 0 unspecified atom stereocenters. The Morgan fingerprint density at radius 1 is 0.645 bits per heavy atom. The van der Waals surface area contributed by atoms with Crippen molar-refractivity contribution in [3.05, 3.63) is 0 Å². The van der Waals surface area contributed by atoms with E-state index in [9.17, 15) is 4.79 Å². The first-order chi connectivity index (χ1) is 14.2. The molecular weight excluding hydrogens is 376 g/mol. The van der Waals surface area contributed by atoms with Gasteiger partial charge in [0.05, 0.1) is 0 Å². The number of ketones is 1. The van der Waals surface area contributed by atoms with Crippen LogP contribution in [0.3, 0.4) is 0 Å². The van der Waals surface area contributed by atoms with Gasteiger partial charge < -0.3 is 0 Å². The van der Waals surface area contributed by atoms with Gasteiger partial charge in [-0.05, 0) is 114 Å². The van der Waals surface area contributed by atoms with Gasteiger partial charge in [0, 0.05) is 12.3 Å². The second-order valence-corrected chi connectivity index (χ2v) is 15.3. The summed E-state index contributed by atoms with van der Waals surface area (Å²) in [5.74, 6) is 3.27. The maximum Gasteiger partial charge on any atom is 0.136 e. The molecule has 0 aliphatic heterocycles. The quantitative estimate of drug-likeness (QED) is 0.379. The maximum absolute atomic E-state index is 12.7. The number of rotatable bonds is 0. The molecule has 5 aliphatic carbocycles. The van der Waals surface area contributed by atoms with Crippen molar-refractivity contribution in [1.29, 1.82) is 0 Å². The van der Waals surface area contributed by atoms with Crippen molar-refractivity contribution >= 4 is 5.78 Å². The first-order valence-electron chi connectivity index (χ1n) is 13.7. The summed E-state index contributed by atoms with van der Waals surface area (Å²) in [5, 5.41) is 0. The van der Waals surface area contributed by atoms with Crippen LogP contribution in [0.1, 0.15) is 126 Å². The van der Waals surface area contributed by atoms with Gasteiger partial charge in [-0.15, -0.1) is 0 Å². The minimum absolute atomic E-state index is 0.237. The molecule has 0 spiro atoms. The van der Waals surface area contributed by atoms with Gasteiger partial charge in [0.15, 0.2) is 0 Å². The molecule has 0 radical (unpaired) electrons. The number of carbonyl (C=O) groups excluding carboxylic acids is 1. The van der Waals surface area contributed by atoms with E-state index in [1.54, 1.807) is 0 Å². The highest BCUT2D eigenvalue weighted by atomic mass is 16.1. The molecule has 5 saturated carbocycles. The molecule has 0 bridgehead atoms. The Bertz CT molecular complexity index is 781. The third-order valence-electron chi connectivity index (χ3n) is 13.7. The second kappa shape index (κ2) is 6.41. The van der Waals surface area contributed by atoms with Gasteiger partial charge in [0.2, 0.25) is 0 Å². The fourth-order valence-electron chi connectivity index (χ4n) is 11.2. The molecule has 5 aliphatic rings. The summed E-state index contributed by atoms with van der Waals surface area (Å²) in [6.45, 7) is 20.7. The molecule has 0 heterocycles. The van der Waals surface area contributed by atoms with Crippen LogP contribution >= 0.6 is 0 Å². The zero-order valence-corrected chi connectivity index (χ0v) is 22.0. The van der Waals surface area contributed by atoms with Crippen LogP contribution in [0.25, 0.3) is 0 Å². The van der Waals surface area contributed by atoms with Gasteiger partial charge in [-0.25, -0.2) is 0 Å². The standard InChI is InChI=1S/C30H50O/c1-20-21(31)9-10-22-27(20,5)12-11-23-28(22,6)16-18-30(8)24-19-25(2,3)13-14-26(24,4)15-17-29(23,30)7/h20,22-24H,9-19H2,1-8H3/t20-,22-,23+,24-,26+,27-,28+,29-,30+/m1/s1. The van der Waals surface area contributed by atoms with Gasteiger partial charge in [-0.2, -0.15) is 0 Å². The molecule has 0 saturated heterocycles. The van der Waals surface area contributed by atoms with E-state index in [4.69, 9.17) is 0 Å². The highest BCUT2D eigenvalue weighted by molar-refractivity contribution is 5.82. The molecule has 0 aromatic rings. The number of hydrogen-bond donors (Lipinski definition) is 0. The van der Waals surface area contributed by atoms with Gasteiger partial charge >= 0.3 is 0 Å². The Morgan fingerprint density at radius 2 is 1.26 bits per heavy atom. The molecule has 0 amide bonds. The van der Waals surface area contributed by atoms with Crippen molar-refractivity contribution in [2.24, 2.45) is 56.2 Å². The van der Waals surface area contributed by atoms with Crippen molar-refractivity contribution in [2.75, 3.05) is 0 Å². The lowest BCUT2D eigenvalue weighted by atomic mass is 9.30. The Labute approximate surface area is 192 Å². The van der Waals surface area contributed by atoms with E-state index in [1.165, 1.54) is 57.8 Å². The van der Waals surface area contributed by atoms with Crippen LogP contribution in [0.5, 0.6) is 0 Å². The van der Waals surface area contributed by atoms with E-state index >= 15 is 0 Å². The van der Waals surface area contributed by atoms with Crippen molar-refractivity contribution < 1.29 is 4.79 Å². The lowest BCUT2D eigenvalue weighted by Crippen LogP contribution is -2.67. The maximum atomic E-state index is 12.7. The molecule has 5 fully saturated rings. The predicted octanol–water partition coefficient (Wildman–Crippen LogP) is 8.46. The molecular formula is C30H50O. The average Bonchev–Trinajstić information content (AvgIpc) is 2.69. The Kier molecular flexibility index (Phi) is 4.65. The molecule has 176 valence electrons. The highest BCUT2D eigenvalue weighted by Crippen LogP contribution is 2.78. The molecule has 0 N–H and O–H groups in total. The lowest BCUT2D eigenvalue weighted by molar-refractivity contribution is -0.256. The van der Waals surface area contributed by atoms with Crippen LogP contribution in [0, 0.1) is 56.2 Å². The van der Waals surface area contributed by atoms with Gasteiger partial charge in [0.1, 0.15) is 5.78 Å². The smallest absolute Gasteiger partial charge is 0.136 e. The number of carbonyl (C=O) groups is 1. The molecule has 1 heteroatoms. The summed E-state index contributed by atoms with van der Waals surface area (Å²) >= 11 is 0. The van der Waals surface area contributed by atoms with Crippen molar-refractivity contribution in [3.8, 4) is 0 Å². The van der Waals surface area contributed by atoms with Gasteiger partial charge in [0.25, 0.3) is 0 Å². The normalized spacial score (nSPS) is 58.5. The van der Waals surface area contributed by atoms with Crippen molar-refractivity contribution in [1.82, 2.24) is 0 Å². The van der Waals surface area contributed by atoms with E-state index in [2.05, 4.69) is 55.4 Å². The second-order valence-electron chi connectivity index (χ2n) is 15.3. The molecule has 31 heavy (non-hydrogen) atoms. The fourth-order valence-corrected chi connectivity index (χ4v) is 11.2. The summed E-state index contributed by atoms with van der Waals surface area (Å²) in [6.07, 6.45) is 14.6. The van der Waals surface area contributed by atoms with E-state index < -0.39 is 0 Å². The van der Waals surface area contributed by atoms with E-state index in [0.29, 0.717) is 32.9 Å². The minimum atomic E-state index is 0.237. The lowest BCUT2D eigenvalue weighted by Gasteiger charge is -2.74. The predicted molar refractivity (Wildman–Crippen MR) is 130 cm³/mol. The van der Waals surface area contributed by atoms with Crippen LogP contribution in [-0.2, 0) is 4.79 Å². The average molecular weight is 427 g/mol. The zero-order valence-electron chi connectivity index (χ0n) is 22.0. The summed E-state index contributed by atoms with van der Waals surface area (Å²) in [5.41, 5.74) is 2.67. The molecule has 0 aromatic heterocycles. The number of fused-ring (bicyclic) bond motifs is 7. The van der Waals surface area contributed by atoms with E-state index in [-0.39, 0.29) is 11.3 Å². The van der Waals surface area contributed by atoms with Crippen LogP contribution in [0.15, 0.2) is 0 Å². The first-order valence-corrected chi connectivity index (χ1v) is 13.7. The van der Waals surface area contributed by atoms with Crippen LogP contribution in [0.2, 0.25) is 0 Å². The zero-order chi connectivity index (χ0) is 22.7. The highest BCUT2D eigenvalue weighted by Gasteiger charge is 2.70. The Morgan fingerprint density at radius 3 is 1.97 bits per heavy atom. The first kappa shape index (κ1) is 22.5. The van der Waals surface area contributed by atoms with Crippen LogP contribution < -0.4 is 0 Å². The molecule has 9 atom stereocenters. The van der Waals surface area contributed by atoms with Crippen molar-refractivity contribution in [2.45, 2.75) is 126 Å².